The highest BCUT2D eigenvalue weighted by molar-refractivity contribution is 6.00. The average molecular weight is 407 g/mol. The SMILES string of the molecule is CCn1c(N)c(C(N)=O)c(=O)c2cnc(Nc3ccc(N4CCCC4=O)cc3)nc21. The molecule has 2 aromatic heterocycles. The summed E-state index contributed by atoms with van der Waals surface area (Å²) >= 11 is 0. The summed E-state index contributed by atoms with van der Waals surface area (Å²) in [6, 6.07) is 7.36. The van der Waals surface area contributed by atoms with Crippen LogP contribution in [0.4, 0.5) is 23.1 Å². The van der Waals surface area contributed by atoms with E-state index in [2.05, 4.69) is 15.3 Å². The summed E-state index contributed by atoms with van der Waals surface area (Å²) in [7, 11) is 0. The molecule has 0 atom stereocenters. The van der Waals surface area contributed by atoms with Gasteiger partial charge < -0.3 is 26.3 Å². The van der Waals surface area contributed by atoms with Gasteiger partial charge in [-0.1, -0.05) is 0 Å². The Morgan fingerprint density at radius 1 is 1.23 bits per heavy atom. The number of carbonyl (C=O) groups is 2. The highest BCUT2D eigenvalue weighted by Gasteiger charge is 2.22. The number of hydrogen-bond acceptors (Lipinski definition) is 7. The number of nitrogen functional groups attached to an aromatic ring is 1. The Morgan fingerprint density at radius 2 is 1.97 bits per heavy atom. The first-order valence-corrected chi connectivity index (χ1v) is 9.57. The molecule has 2 amide bonds. The number of nitrogens with zero attached hydrogens (tertiary/aromatic N) is 4. The van der Waals surface area contributed by atoms with Crippen molar-refractivity contribution >= 4 is 46.0 Å². The molecular formula is C20H21N7O3. The number of pyridine rings is 1. The Hall–Kier alpha value is -3.95. The van der Waals surface area contributed by atoms with Crippen molar-refractivity contribution in [3.63, 3.8) is 0 Å². The van der Waals surface area contributed by atoms with E-state index in [9.17, 15) is 14.4 Å². The first-order chi connectivity index (χ1) is 14.4. The minimum Gasteiger partial charge on any atom is -0.384 e. The number of rotatable bonds is 5. The van der Waals surface area contributed by atoms with Crippen LogP contribution in [0.5, 0.6) is 0 Å². The summed E-state index contributed by atoms with van der Waals surface area (Å²) in [6.45, 7) is 2.93. The maximum Gasteiger partial charge on any atom is 0.256 e. The van der Waals surface area contributed by atoms with Crippen LogP contribution in [0.2, 0.25) is 0 Å². The second kappa shape index (κ2) is 7.47. The Kier molecular flexibility index (Phi) is 4.82. The third kappa shape index (κ3) is 3.21. The van der Waals surface area contributed by atoms with E-state index < -0.39 is 11.3 Å². The smallest absolute Gasteiger partial charge is 0.256 e. The van der Waals surface area contributed by atoms with Crippen LogP contribution in [-0.4, -0.2) is 32.9 Å². The molecule has 0 bridgehead atoms. The van der Waals surface area contributed by atoms with E-state index in [-0.39, 0.29) is 28.6 Å². The number of aromatic nitrogens is 3. The van der Waals surface area contributed by atoms with E-state index in [1.165, 1.54) is 6.20 Å². The highest BCUT2D eigenvalue weighted by atomic mass is 16.2. The van der Waals surface area contributed by atoms with Crippen LogP contribution in [0.25, 0.3) is 11.0 Å². The van der Waals surface area contributed by atoms with Gasteiger partial charge in [-0.05, 0) is 37.6 Å². The summed E-state index contributed by atoms with van der Waals surface area (Å²) < 4.78 is 1.55. The van der Waals surface area contributed by atoms with E-state index in [0.717, 1.165) is 24.3 Å². The van der Waals surface area contributed by atoms with Crippen LogP contribution in [0, 0.1) is 0 Å². The van der Waals surface area contributed by atoms with Crippen molar-refractivity contribution in [3.05, 3.63) is 46.2 Å². The number of benzene rings is 1. The Morgan fingerprint density at radius 3 is 2.57 bits per heavy atom. The van der Waals surface area contributed by atoms with E-state index in [0.29, 0.717) is 18.6 Å². The van der Waals surface area contributed by atoms with Crippen LogP contribution in [0.15, 0.2) is 35.3 Å². The summed E-state index contributed by atoms with van der Waals surface area (Å²) in [6.07, 6.45) is 2.79. The fourth-order valence-corrected chi connectivity index (χ4v) is 3.63. The highest BCUT2D eigenvalue weighted by Crippen LogP contribution is 2.24. The lowest BCUT2D eigenvalue weighted by molar-refractivity contribution is -0.117. The lowest BCUT2D eigenvalue weighted by Gasteiger charge is -2.16. The standard InChI is InChI=1S/C20H21N7O3/c1-2-26-17(21)15(18(22)30)16(29)13-10-23-20(25-19(13)26)24-11-5-7-12(8-6-11)27-9-3-4-14(27)28/h5-8,10H,2-4,9,21H2,1H3,(H2,22,30)(H,23,24,25). The zero-order valence-corrected chi connectivity index (χ0v) is 16.4. The first-order valence-electron chi connectivity index (χ1n) is 9.57. The van der Waals surface area contributed by atoms with Gasteiger partial charge in [0.2, 0.25) is 17.3 Å². The molecule has 0 aliphatic carbocycles. The topological polar surface area (TPSA) is 149 Å². The predicted octanol–water partition coefficient (Wildman–Crippen LogP) is 1.36. The molecule has 30 heavy (non-hydrogen) atoms. The molecule has 10 nitrogen and oxygen atoms in total. The van der Waals surface area contributed by atoms with Crippen LogP contribution < -0.4 is 27.1 Å². The Bertz CT molecular complexity index is 1220. The zero-order chi connectivity index (χ0) is 21.4. The first kappa shape index (κ1) is 19.4. The Balaban J connectivity index is 1.69. The average Bonchev–Trinajstić information content (AvgIpc) is 3.14. The number of fused-ring (bicyclic) bond motifs is 1. The van der Waals surface area contributed by atoms with Gasteiger partial charge in [-0.3, -0.25) is 14.4 Å². The molecule has 0 radical (unpaired) electrons. The fraction of sp³-hybridized carbons (Fsp3) is 0.250. The minimum absolute atomic E-state index is 0.0215. The van der Waals surface area contributed by atoms with Crippen molar-refractivity contribution in [1.82, 2.24) is 14.5 Å². The number of aryl methyl sites for hydroxylation is 1. The van der Waals surface area contributed by atoms with Gasteiger partial charge in [0.25, 0.3) is 5.91 Å². The van der Waals surface area contributed by atoms with Crippen molar-refractivity contribution < 1.29 is 9.59 Å². The third-order valence-corrected chi connectivity index (χ3v) is 5.11. The van der Waals surface area contributed by atoms with Crippen molar-refractivity contribution in [2.75, 3.05) is 22.5 Å². The maximum atomic E-state index is 12.6. The predicted molar refractivity (Wildman–Crippen MR) is 114 cm³/mol. The van der Waals surface area contributed by atoms with Gasteiger partial charge in [-0.25, -0.2) is 4.98 Å². The molecule has 1 aromatic carbocycles. The summed E-state index contributed by atoms with van der Waals surface area (Å²) in [5.41, 5.74) is 12.3. The second-order valence-electron chi connectivity index (χ2n) is 6.95. The van der Waals surface area contributed by atoms with Crippen molar-refractivity contribution in [3.8, 4) is 0 Å². The van der Waals surface area contributed by atoms with Crippen molar-refractivity contribution in [1.29, 1.82) is 0 Å². The number of nitrogens with two attached hydrogens (primary N) is 2. The monoisotopic (exact) mass is 407 g/mol. The molecule has 4 rings (SSSR count). The molecule has 10 heteroatoms. The molecule has 0 spiro atoms. The summed E-state index contributed by atoms with van der Waals surface area (Å²) in [4.78, 5) is 46.5. The van der Waals surface area contributed by atoms with Crippen molar-refractivity contribution in [2.45, 2.75) is 26.3 Å². The van der Waals surface area contributed by atoms with E-state index in [1.807, 2.05) is 31.2 Å². The number of nitrogens with one attached hydrogen (secondary N) is 1. The lowest BCUT2D eigenvalue weighted by Crippen LogP contribution is -2.28. The molecule has 154 valence electrons. The molecule has 1 aliphatic rings. The van der Waals surface area contributed by atoms with Gasteiger partial charge >= 0.3 is 0 Å². The van der Waals surface area contributed by atoms with Gasteiger partial charge in [0.05, 0.1) is 5.39 Å². The second-order valence-corrected chi connectivity index (χ2v) is 6.95. The lowest BCUT2D eigenvalue weighted by atomic mass is 10.2. The normalized spacial score (nSPS) is 13.8. The zero-order valence-electron chi connectivity index (χ0n) is 16.4. The van der Waals surface area contributed by atoms with Crippen LogP contribution in [0.1, 0.15) is 30.1 Å². The molecule has 0 saturated carbocycles. The van der Waals surface area contributed by atoms with E-state index in [1.54, 1.807) is 9.47 Å². The fourth-order valence-electron chi connectivity index (χ4n) is 3.63. The number of hydrogen-bond donors (Lipinski definition) is 3. The number of primary amides is 1. The van der Waals surface area contributed by atoms with Gasteiger partial charge in [-0.15, -0.1) is 0 Å². The number of amides is 2. The van der Waals surface area contributed by atoms with Gasteiger partial charge in [-0.2, -0.15) is 4.98 Å². The van der Waals surface area contributed by atoms with Gasteiger partial charge in [0.15, 0.2) is 5.65 Å². The maximum absolute atomic E-state index is 12.6. The van der Waals surface area contributed by atoms with Crippen LogP contribution in [-0.2, 0) is 11.3 Å². The van der Waals surface area contributed by atoms with E-state index in [4.69, 9.17) is 11.5 Å². The minimum atomic E-state index is -0.889. The third-order valence-electron chi connectivity index (χ3n) is 5.11. The molecule has 0 unspecified atom stereocenters. The number of carbonyl (C=O) groups excluding carboxylic acids is 2. The van der Waals surface area contributed by atoms with Gasteiger partial charge in [0, 0.05) is 37.1 Å². The Labute approximate surface area is 171 Å². The quantitative estimate of drug-likeness (QED) is 0.578. The number of anilines is 4. The van der Waals surface area contributed by atoms with E-state index >= 15 is 0 Å². The molecule has 1 fully saturated rings. The van der Waals surface area contributed by atoms with Crippen LogP contribution >= 0.6 is 0 Å². The molecule has 3 heterocycles. The summed E-state index contributed by atoms with van der Waals surface area (Å²) in [5.74, 6) is -0.522. The molecular weight excluding hydrogens is 386 g/mol. The van der Waals surface area contributed by atoms with Crippen molar-refractivity contribution in [2.24, 2.45) is 5.73 Å². The molecule has 1 aliphatic heterocycles. The largest absolute Gasteiger partial charge is 0.384 e. The summed E-state index contributed by atoms with van der Waals surface area (Å²) in [5, 5.41) is 3.24. The molecule has 5 N–H and O–H groups in total. The van der Waals surface area contributed by atoms with Crippen LogP contribution in [0.3, 0.4) is 0 Å². The molecule has 1 saturated heterocycles. The molecule has 3 aromatic rings. The van der Waals surface area contributed by atoms with Gasteiger partial charge in [0.1, 0.15) is 11.4 Å².